The van der Waals surface area contributed by atoms with E-state index in [9.17, 15) is 0 Å². The molecule has 0 aliphatic heterocycles. The van der Waals surface area contributed by atoms with Crippen molar-refractivity contribution in [3.05, 3.63) is 65.2 Å². The molecule has 3 aromatic heterocycles. The van der Waals surface area contributed by atoms with Crippen molar-refractivity contribution in [3.63, 3.8) is 0 Å². The number of nitrogens with one attached hydrogen (secondary N) is 1. The highest BCUT2D eigenvalue weighted by atomic mass is 14.8. The van der Waals surface area contributed by atoms with Crippen LogP contribution in [0.25, 0.3) is 17.1 Å². The van der Waals surface area contributed by atoms with E-state index < -0.39 is 0 Å². The smallest absolute Gasteiger partial charge is 0.103 e. The zero-order valence-electron chi connectivity index (χ0n) is 13.2. The third-order valence-electron chi connectivity index (χ3n) is 4.12. The Morgan fingerprint density at radius 3 is 3.04 bits per heavy atom. The molecule has 0 aromatic carbocycles. The van der Waals surface area contributed by atoms with Gasteiger partial charge in [-0.2, -0.15) is 0 Å². The van der Waals surface area contributed by atoms with E-state index in [-0.39, 0.29) is 5.41 Å². The zero-order chi connectivity index (χ0) is 15.9. The Bertz CT molecular complexity index is 981. The molecule has 0 saturated heterocycles. The van der Waals surface area contributed by atoms with Crippen LogP contribution in [0.2, 0.25) is 0 Å². The second kappa shape index (κ2) is 5.10. The minimum absolute atomic E-state index is 0.183. The molecule has 0 unspecified atom stereocenters. The molecule has 3 heterocycles. The predicted octanol–water partition coefficient (Wildman–Crippen LogP) is 3.95. The Labute approximate surface area is 135 Å². The first kappa shape index (κ1) is 13.8. The van der Waals surface area contributed by atoms with E-state index in [1.54, 1.807) is 6.20 Å². The van der Waals surface area contributed by atoms with Crippen LogP contribution < -0.4 is 0 Å². The Hall–Kier alpha value is -2.86. The van der Waals surface area contributed by atoms with Gasteiger partial charge in [0.05, 0.1) is 11.1 Å². The third-order valence-corrected chi connectivity index (χ3v) is 4.12. The van der Waals surface area contributed by atoms with Crippen molar-refractivity contribution >= 4 is 17.1 Å². The van der Waals surface area contributed by atoms with E-state index in [4.69, 9.17) is 0 Å². The summed E-state index contributed by atoms with van der Waals surface area (Å²) in [7, 11) is 0. The van der Waals surface area contributed by atoms with Crippen molar-refractivity contribution in [2.75, 3.05) is 0 Å². The van der Waals surface area contributed by atoms with E-state index in [0.717, 1.165) is 34.3 Å². The summed E-state index contributed by atoms with van der Waals surface area (Å²) in [4.78, 5) is 12.2. The van der Waals surface area contributed by atoms with Gasteiger partial charge in [0.25, 0.3) is 0 Å². The van der Waals surface area contributed by atoms with Crippen molar-refractivity contribution in [2.45, 2.75) is 20.3 Å². The molecule has 0 radical (unpaired) electrons. The highest BCUT2D eigenvalue weighted by Gasteiger charge is 2.21. The fraction of sp³-hybridized carbons (Fsp3) is 0.200. The molecule has 3 nitrogen and oxygen atoms in total. The topological polar surface area (TPSA) is 41.6 Å². The fourth-order valence-corrected chi connectivity index (χ4v) is 2.87. The largest absolute Gasteiger partial charge is 0.359 e. The Kier molecular flexibility index (Phi) is 3.06. The standard InChI is InChI=1S/C20H17N3/c1-20(2)8-7-15-10-14(12-22-18(15)11-20)5-6-16-13-23-17-4-3-9-21-19(16)17/h3-4,7-10,12-13,23H,11H2,1-2H3. The van der Waals surface area contributed by atoms with Crippen LogP contribution in [0.5, 0.6) is 0 Å². The van der Waals surface area contributed by atoms with Crippen LogP contribution in [0.15, 0.2) is 42.9 Å². The first-order chi connectivity index (χ1) is 11.1. The number of allylic oxidation sites excluding steroid dienone is 1. The van der Waals surface area contributed by atoms with Gasteiger partial charge in [-0.25, -0.2) is 0 Å². The molecule has 3 aromatic rings. The van der Waals surface area contributed by atoms with Crippen LogP contribution in [-0.2, 0) is 6.42 Å². The highest BCUT2D eigenvalue weighted by molar-refractivity contribution is 5.81. The van der Waals surface area contributed by atoms with Crippen LogP contribution in [0.1, 0.15) is 36.2 Å². The molecule has 1 N–H and O–H groups in total. The van der Waals surface area contributed by atoms with Crippen molar-refractivity contribution in [1.82, 2.24) is 15.0 Å². The summed E-state index contributed by atoms with van der Waals surface area (Å²) < 4.78 is 0. The van der Waals surface area contributed by atoms with Gasteiger partial charge < -0.3 is 4.98 Å². The molecule has 0 bridgehead atoms. The number of H-pyrrole nitrogens is 1. The maximum absolute atomic E-state index is 4.60. The molecule has 0 spiro atoms. The lowest BCUT2D eigenvalue weighted by molar-refractivity contribution is 0.468. The number of hydrogen-bond acceptors (Lipinski definition) is 2. The van der Waals surface area contributed by atoms with Gasteiger partial charge in [0.15, 0.2) is 0 Å². The molecule has 0 fully saturated rings. The average molecular weight is 299 g/mol. The SMILES string of the molecule is CC1(C)C=Cc2cc(C#Cc3c[nH]c4cccnc34)cnc2C1. The molecular weight excluding hydrogens is 282 g/mol. The van der Waals surface area contributed by atoms with Crippen molar-refractivity contribution < 1.29 is 0 Å². The average Bonchev–Trinajstić information content (AvgIpc) is 2.95. The van der Waals surface area contributed by atoms with Crippen molar-refractivity contribution in [1.29, 1.82) is 0 Å². The van der Waals surface area contributed by atoms with Crippen LogP contribution in [0, 0.1) is 17.3 Å². The second-order valence-corrected chi connectivity index (χ2v) is 6.61. The van der Waals surface area contributed by atoms with Gasteiger partial charge >= 0.3 is 0 Å². The van der Waals surface area contributed by atoms with Crippen LogP contribution in [0.3, 0.4) is 0 Å². The summed E-state index contributed by atoms with van der Waals surface area (Å²) in [5.74, 6) is 6.40. The maximum atomic E-state index is 4.60. The molecule has 0 atom stereocenters. The Morgan fingerprint density at radius 2 is 2.13 bits per heavy atom. The fourth-order valence-electron chi connectivity index (χ4n) is 2.87. The van der Waals surface area contributed by atoms with E-state index in [2.05, 4.69) is 58.9 Å². The number of nitrogens with zero attached hydrogens (tertiary/aromatic N) is 2. The molecular formula is C20H17N3. The molecule has 1 aliphatic carbocycles. The summed E-state index contributed by atoms with van der Waals surface area (Å²) >= 11 is 0. The van der Waals surface area contributed by atoms with Crippen LogP contribution >= 0.6 is 0 Å². The Balaban J connectivity index is 1.69. The van der Waals surface area contributed by atoms with Gasteiger partial charge in [-0.1, -0.05) is 37.8 Å². The number of aromatic nitrogens is 3. The van der Waals surface area contributed by atoms with Gasteiger partial charge in [-0.3, -0.25) is 9.97 Å². The third kappa shape index (κ3) is 2.64. The lowest BCUT2D eigenvalue weighted by atomic mass is 9.81. The minimum atomic E-state index is 0.183. The summed E-state index contributed by atoms with van der Waals surface area (Å²) in [6.45, 7) is 4.46. The Morgan fingerprint density at radius 1 is 1.22 bits per heavy atom. The van der Waals surface area contributed by atoms with Gasteiger partial charge in [0.2, 0.25) is 0 Å². The number of hydrogen-bond donors (Lipinski definition) is 1. The summed E-state index contributed by atoms with van der Waals surface area (Å²) in [6.07, 6.45) is 10.9. The van der Waals surface area contributed by atoms with E-state index in [0.29, 0.717) is 0 Å². The first-order valence-corrected chi connectivity index (χ1v) is 7.73. The van der Waals surface area contributed by atoms with E-state index in [1.165, 1.54) is 5.56 Å². The molecule has 0 amide bonds. The zero-order valence-corrected chi connectivity index (χ0v) is 13.2. The van der Waals surface area contributed by atoms with Crippen LogP contribution in [-0.4, -0.2) is 15.0 Å². The van der Waals surface area contributed by atoms with Gasteiger partial charge in [-0.05, 0) is 35.6 Å². The molecule has 23 heavy (non-hydrogen) atoms. The molecule has 0 saturated carbocycles. The highest BCUT2D eigenvalue weighted by Crippen LogP contribution is 2.30. The number of aromatic amines is 1. The normalized spacial score (nSPS) is 15.0. The lowest BCUT2D eigenvalue weighted by Crippen LogP contribution is -2.16. The van der Waals surface area contributed by atoms with E-state index in [1.807, 2.05) is 24.5 Å². The molecule has 4 rings (SSSR count). The second-order valence-electron chi connectivity index (χ2n) is 6.61. The summed E-state index contributed by atoms with van der Waals surface area (Å²) in [5, 5.41) is 0. The maximum Gasteiger partial charge on any atom is 0.103 e. The van der Waals surface area contributed by atoms with E-state index >= 15 is 0 Å². The lowest BCUT2D eigenvalue weighted by Gasteiger charge is -2.24. The molecule has 112 valence electrons. The van der Waals surface area contributed by atoms with Crippen LogP contribution in [0.4, 0.5) is 0 Å². The number of pyridine rings is 2. The summed E-state index contributed by atoms with van der Waals surface area (Å²) in [5.41, 5.74) is 6.26. The number of fused-ring (bicyclic) bond motifs is 2. The number of rotatable bonds is 0. The van der Waals surface area contributed by atoms with Gasteiger partial charge in [0, 0.05) is 29.8 Å². The predicted molar refractivity (Wildman–Crippen MR) is 92.8 cm³/mol. The molecule has 1 aliphatic rings. The minimum Gasteiger partial charge on any atom is -0.359 e. The van der Waals surface area contributed by atoms with Crippen molar-refractivity contribution in [3.8, 4) is 11.8 Å². The first-order valence-electron chi connectivity index (χ1n) is 7.73. The quantitative estimate of drug-likeness (QED) is 0.639. The molecule has 3 heteroatoms. The van der Waals surface area contributed by atoms with Gasteiger partial charge in [0.1, 0.15) is 5.52 Å². The monoisotopic (exact) mass is 299 g/mol. The van der Waals surface area contributed by atoms with Crippen molar-refractivity contribution in [2.24, 2.45) is 5.41 Å². The summed E-state index contributed by atoms with van der Waals surface area (Å²) in [6, 6.07) is 6.03. The van der Waals surface area contributed by atoms with Gasteiger partial charge in [-0.15, -0.1) is 0 Å².